The molecule has 0 aliphatic carbocycles. The van der Waals surface area contributed by atoms with Gasteiger partial charge in [0.1, 0.15) is 18.1 Å². The molecule has 3 aromatic rings. The van der Waals surface area contributed by atoms with Crippen molar-refractivity contribution in [2.75, 3.05) is 13.2 Å². The van der Waals surface area contributed by atoms with Crippen molar-refractivity contribution in [2.24, 2.45) is 5.73 Å². The summed E-state index contributed by atoms with van der Waals surface area (Å²) in [5.74, 6) is 1.56. The summed E-state index contributed by atoms with van der Waals surface area (Å²) in [5.41, 5.74) is 6.42. The predicted octanol–water partition coefficient (Wildman–Crippen LogP) is 1.92. The minimum absolute atomic E-state index is 0.407. The highest BCUT2D eigenvalue weighted by Crippen LogP contribution is 2.17. The Labute approximate surface area is 150 Å². The molecule has 0 bridgehead atoms. The third-order valence-corrected chi connectivity index (χ3v) is 3.58. The lowest BCUT2D eigenvalue weighted by molar-refractivity contribution is 0.100. The summed E-state index contributed by atoms with van der Waals surface area (Å²) in [6.45, 7) is 3.44. The lowest BCUT2D eigenvalue weighted by Crippen LogP contribution is -2.11. The van der Waals surface area contributed by atoms with Gasteiger partial charge in [0.25, 0.3) is 0 Å². The topological polar surface area (TPSA) is 105 Å². The normalized spacial score (nSPS) is 10.5. The molecule has 2 aromatic carbocycles. The van der Waals surface area contributed by atoms with Crippen LogP contribution < -0.4 is 15.2 Å². The minimum Gasteiger partial charge on any atom is -0.494 e. The Kier molecular flexibility index (Phi) is 5.43. The molecule has 0 unspecified atom stereocenters. The fraction of sp³-hybridized carbons (Fsp3) is 0.222. The van der Waals surface area contributed by atoms with Gasteiger partial charge in [0, 0.05) is 11.1 Å². The van der Waals surface area contributed by atoms with Gasteiger partial charge in [-0.2, -0.15) is 4.80 Å². The number of nitrogens with zero attached hydrogens (tertiary/aromatic N) is 4. The van der Waals surface area contributed by atoms with Gasteiger partial charge in [-0.05, 0) is 48.5 Å². The van der Waals surface area contributed by atoms with Crippen molar-refractivity contribution in [1.29, 1.82) is 0 Å². The minimum atomic E-state index is -0.473. The summed E-state index contributed by atoms with van der Waals surface area (Å²) >= 11 is 0. The second kappa shape index (κ2) is 8.11. The van der Waals surface area contributed by atoms with E-state index in [9.17, 15) is 4.79 Å². The van der Waals surface area contributed by atoms with E-state index in [1.54, 1.807) is 24.3 Å². The van der Waals surface area contributed by atoms with Crippen LogP contribution in [0.3, 0.4) is 0 Å². The van der Waals surface area contributed by atoms with Gasteiger partial charge in [-0.3, -0.25) is 4.79 Å². The molecule has 1 amide bonds. The van der Waals surface area contributed by atoms with Gasteiger partial charge in [-0.25, -0.2) is 0 Å². The van der Waals surface area contributed by atoms with Crippen LogP contribution in [0.2, 0.25) is 0 Å². The summed E-state index contributed by atoms with van der Waals surface area (Å²) in [6, 6.07) is 14.2. The van der Waals surface area contributed by atoms with Crippen LogP contribution in [0.1, 0.15) is 17.3 Å². The van der Waals surface area contributed by atoms with Gasteiger partial charge < -0.3 is 15.2 Å². The van der Waals surface area contributed by atoms with Crippen LogP contribution in [-0.2, 0) is 6.54 Å². The SMILES string of the molecule is CCOc1ccc(OCCn2nnc(-c3ccc(C(N)=O)cc3)n2)cc1. The van der Waals surface area contributed by atoms with Crippen LogP contribution in [-0.4, -0.2) is 39.3 Å². The summed E-state index contributed by atoms with van der Waals surface area (Å²) in [4.78, 5) is 12.6. The number of primary amides is 1. The smallest absolute Gasteiger partial charge is 0.248 e. The first-order valence-corrected chi connectivity index (χ1v) is 8.19. The predicted molar refractivity (Wildman–Crippen MR) is 94.9 cm³/mol. The maximum absolute atomic E-state index is 11.1. The number of ether oxygens (including phenoxy) is 2. The number of hydrogen-bond acceptors (Lipinski definition) is 6. The van der Waals surface area contributed by atoms with Gasteiger partial charge in [-0.15, -0.1) is 10.2 Å². The molecule has 8 nitrogen and oxygen atoms in total. The van der Waals surface area contributed by atoms with Crippen LogP contribution >= 0.6 is 0 Å². The van der Waals surface area contributed by atoms with Crippen molar-refractivity contribution < 1.29 is 14.3 Å². The number of carbonyl (C=O) groups is 1. The molecule has 2 N–H and O–H groups in total. The number of carbonyl (C=O) groups excluding carboxylic acids is 1. The summed E-state index contributed by atoms with van der Waals surface area (Å²) < 4.78 is 11.1. The van der Waals surface area contributed by atoms with E-state index in [0.717, 1.165) is 17.1 Å². The summed E-state index contributed by atoms with van der Waals surface area (Å²) in [7, 11) is 0. The van der Waals surface area contributed by atoms with Crippen molar-refractivity contribution in [1.82, 2.24) is 20.2 Å². The van der Waals surface area contributed by atoms with Crippen molar-refractivity contribution in [3.05, 3.63) is 54.1 Å². The number of aromatic nitrogens is 4. The molecule has 26 heavy (non-hydrogen) atoms. The first-order chi connectivity index (χ1) is 12.7. The van der Waals surface area contributed by atoms with Gasteiger partial charge in [-0.1, -0.05) is 12.1 Å². The van der Waals surface area contributed by atoms with E-state index in [4.69, 9.17) is 15.2 Å². The van der Waals surface area contributed by atoms with E-state index in [1.165, 1.54) is 4.80 Å². The Hall–Kier alpha value is -3.42. The molecule has 0 spiro atoms. The van der Waals surface area contributed by atoms with Gasteiger partial charge in [0.05, 0.1) is 13.2 Å². The molecule has 0 atom stereocenters. The van der Waals surface area contributed by atoms with E-state index in [1.807, 2.05) is 31.2 Å². The molecule has 0 fully saturated rings. The van der Waals surface area contributed by atoms with Crippen LogP contribution in [0.5, 0.6) is 11.5 Å². The highest BCUT2D eigenvalue weighted by molar-refractivity contribution is 5.93. The first kappa shape index (κ1) is 17.4. The van der Waals surface area contributed by atoms with Crippen LogP contribution in [0.4, 0.5) is 0 Å². The van der Waals surface area contributed by atoms with Crippen molar-refractivity contribution >= 4 is 5.91 Å². The number of nitrogens with two attached hydrogens (primary N) is 1. The third-order valence-electron chi connectivity index (χ3n) is 3.58. The molecule has 0 saturated heterocycles. The lowest BCUT2D eigenvalue weighted by atomic mass is 10.1. The second-order valence-electron chi connectivity index (χ2n) is 5.40. The Morgan fingerprint density at radius 2 is 1.69 bits per heavy atom. The average Bonchev–Trinajstić information content (AvgIpc) is 3.12. The molecule has 3 rings (SSSR count). The van der Waals surface area contributed by atoms with E-state index >= 15 is 0 Å². The van der Waals surface area contributed by atoms with Gasteiger partial charge in [0.2, 0.25) is 11.7 Å². The maximum Gasteiger partial charge on any atom is 0.248 e. The van der Waals surface area contributed by atoms with E-state index in [2.05, 4.69) is 15.4 Å². The van der Waals surface area contributed by atoms with Crippen molar-refractivity contribution in [3.63, 3.8) is 0 Å². The van der Waals surface area contributed by atoms with E-state index in [0.29, 0.717) is 31.1 Å². The molecule has 0 aliphatic rings. The highest BCUT2D eigenvalue weighted by Gasteiger charge is 2.07. The van der Waals surface area contributed by atoms with Crippen molar-refractivity contribution in [3.8, 4) is 22.9 Å². The zero-order valence-corrected chi connectivity index (χ0v) is 14.3. The van der Waals surface area contributed by atoms with Crippen LogP contribution in [0.15, 0.2) is 48.5 Å². The van der Waals surface area contributed by atoms with Gasteiger partial charge >= 0.3 is 0 Å². The molecule has 1 aromatic heterocycles. The average molecular weight is 353 g/mol. The molecule has 8 heteroatoms. The number of tetrazole rings is 1. The summed E-state index contributed by atoms with van der Waals surface area (Å²) in [6.07, 6.45) is 0. The third kappa shape index (κ3) is 4.35. The molecule has 1 heterocycles. The standard InChI is InChI=1S/C18H19N5O3/c1-2-25-15-7-9-16(10-8-15)26-12-11-23-21-18(20-22-23)14-5-3-13(4-6-14)17(19)24/h3-10H,2,11-12H2,1H3,(H2,19,24). The van der Waals surface area contributed by atoms with Crippen LogP contribution in [0.25, 0.3) is 11.4 Å². The van der Waals surface area contributed by atoms with E-state index < -0.39 is 5.91 Å². The van der Waals surface area contributed by atoms with Crippen LogP contribution in [0, 0.1) is 0 Å². The quantitative estimate of drug-likeness (QED) is 0.663. The summed E-state index contributed by atoms with van der Waals surface area (Å²) in [5, 5.41) is 12.3. The second-order valence-corrected chi connectivity index (χ2v) is 5.40. The Bertz CT molecular complexity index is 859. The number of hydrogen-bond donors (Lipinski definition) is 1. The fourth-order valence-corrected chi connectivity index (χ4v) is 2.28. The van der Waals surface area contributed by atoms with Crippen molar-refractivity contribution in [2.45, 2.75) is 13.5 Å². The zero-order valence-electron chi connectivity index (χ0n) is 14.3. The Balaban J connectivity index is 1.54. The van der Waals surface area contributed by atoms with E-state index in [-0.39, 0.29) is 0 Å². The molecular formula is C18H19N5O3. The molecular weight excluding hydrogens is 334 g/mol. The number of rotatable bonds is 8. The molecule has 134 valence electrons. The largest absolute Gasteiger partial charge is 0.494 e. The Morgan fingerprint density at radius 3 is 2.31 bits per heavy atom. The van der Waals surface area contributed by atoms with Gasteiger partial charge in [0.15, 0.2) is 0 Å². The molecule has 0 aliphatic heterocycles. The lowest BCUT2D eigenvalue weighted by Gasteiger charge is -2.07. The zero-order chi connectivity index (χ0) is 18.4. The maximum atomic E-state index is 11.1. The number of benzene rings is 2. The molecule has 0 saturated carbocycles. The first-order valence-electron chi connectivity index (χ1n) is 8.19. The fourth-order valence-electron chi connectivity index (χ4n) is 2.28. The number of amides is 1. The monoisotopic (exact) mass is 353 g/mol. The molecule has 0 radical (unpaired) electrons. The Morgan fingerprint density at radius 1 is 1.04 bits per heavy atom. The highest BCUT2D eigenvalue weighted by atomic mass is 16.5.